The summed E-state index contributed by atoms with van der Waals surface area (Å²) in [6.07, 6.45) is 0. The smallest absolute Gasteiger partial charge is 0.339 e. The van der Waals surface area contributed by atoms with E-state index in [2.05, 4.69) is 15.9 Å². The van der Waals surface area contributed by atoms with Crippen LogP contribution in [0.15, 0.2) is 18.2 Å². The SMILES string of the molecule is COc1c(CBr)cccc1C(=O)O. The summed E-state index contributed by atoms with van der Waals surface area (Å²) in [7, 11) is 1.47. The molecule has 0 saturated heterocycles. The number of carboxylic acid groups (broad SMARTS) is 1. The lowest BCUT2D eigenvalue weighted by molar-refractivity contribution is 0.0693. The Morgan fingerprint density at radius 1 is 1.62 bits per heavy atom. The fourth-order valence-corrected chi connectivity index (χ4v) is 1.54. The Labute approximate surface area is 84.5 Å². The zero-order chi connectivity index (χ0) is 9.84. The summed E-state index contributed by atoms with van der Waals surface area (Å²) in [4.78, 5) is 10.8. The summed E-state index contributed by atoms with van der Waals surface area (Å²) in [5, 5.41) is 9.40. The van der Waals surface area contributed by atoms with E-state index in [-0.39, 0.29) is 5.56 Å². The van der Waals surface area contributed by atoms with Crippen LogP contribution in [0, 0.1) is 0 Å². The highest BCUT2D eigenvalue weighted by atomic mass is 79.9. The predicted molar refractivity (Wildman–Crippen MR) is 52.6 cm³/mol. The number of benzene rings is 1. The molecule has 70 valence electrons. The first-order valence-corrected chi connectivity index (χ1v) is 4.78. The van der Waals surface area contributed by atoms with Crippen molar-refractivity contribution in [1.82, 2.24) is 0 Å². The molecule has 1 aromatic carbocycles. The molecule has 13 heavy (non-hydrogen) atoms. The standard InChI is InChI=1S/C9H9BrO3/c1-13-8-6(5-10)3-2-4-7(8)9(11)12/h2-4H,5H2,1H3,(H,11,12). The third-order valence-corrected chi connectivity index (χ3v) is 2.28. The number of methoxy groups -OCH3 is 1. The molecule has 0 saturated carbocycles. The number of alkyl halides is 1. The van der Waals surface area contributed by atoms with Gasteiger partial charge in [-0.05, 0) is 6.07 Å². The molecule has 0 atom stereocenters. The monoisotopic (exact) mass is 244 g/mol. The lowest BCUT2D eigenvalue weighted by Gasteiger charge is -2.08. The van der Waals surface area contributed by atoms with Crippen LogP contribution >= 0.6 is 15.9 Å². The van der Waals surface area contributed by atoms with E-state index < -0.39 is 5.97 Å². The molecule has 1 N–H and O–H groups in total. The maximum Gasteiger partial charge on any atom is 0.339 e. The third-order valence-electron chi connectivity index (χ3n) is 1.68. The topological polar surface area (TPSA) is 46.5 Å². The van der Waals surface area contributed by atoms with Gasteiger partial charge in [0, 0.05) is 10.9 Å². The van der Waals surface area contributed by atoms with Crippen molar-refractivity contribution in [2.75, 3.05) is 7.11 Å². The quantitative estimate of drug-likeness (QED) is 0.831. The molecule has 0 fully saturated rings. The van der Waals surface area contributed by atoms with E-state index in [1.165, 1.54) is 13.2 Å². The van der Waals surface area contributed by atoms with Crippen molar-refractivity contribution in [3.05, 3.63) is 29.3 Å². The van der Waals surface area contributed by atoms with Crippen LogP contribution in [0.2, 0.25) is 0 Å². The van der Waals surface area contributed by atoms with Gasteiger partial charge in [-0.25, -0.2) is 4.79 Å². The van der Waals surface area contributed by atoms with Gasteiger partial charge in [0.25, 0.3) is 0 Å². The molecule has 0 aromatic heterocycles. The lowest BCUT2D eigenvalue weighted by atomic mass is 10.1. The van der Waals surface area contributed by atoms with Crippen molar-refractivity contribution in [2.45, 2.75) is 5.33 Å². The summed E-state index contributed by atoms with van der Waals surface area (Å²) in [5.41, 5.74) is 1.03. The fourth-order valence-electron chi connectivity index (χ4n) is 1.10. The van der Waals surface area contributed by atoms with E-state index in [0.717, 1.165) is 5.56 Å². The zero-order valence-electron chi connectivity index (χ0n) is 7.08. The predicted octanol–water partition coefficient (Wildman–Crippen LogP) is 2.29. The molecule has 0 spiro atoms. The van der Waals surface area contributed by atoms with Crippen molar-refractivity contribution in [1.29, 1.82) is 0 Å². The maximum absolute atomic E-state index is 10.8. The Kier molecular flexibility index (Phi) is 3.31. The number of aromatic carboxylic acids is 1. The minimum atomic E-state index is -0.973. The van der Waals surface area contributed by atoms with Gasteiger partial charge in [-0.15, -0.1) is 0 Å². The molecule has 1 rings (SSSR count). The average Bonchev–Trinajstić information content (AvgIpc) is 2.16. The summed E-state index contributed by atoms with van der Waals surface area (Å²) in [6, 6.07) is 5.04. The lowest BCUT2D eigenvalue weighted by Crippen LogP contribution is -2.02. The highest BCUT2D eigenvalue weighted by Gasteiger charge is 2.13. The van der Waals surface area contributed by atoms with E-state index in [1.807, 2.05) is 6.07 Å². The molecule has 0 unspecified atom stereocenters. The molecular formula is C9H9BrO3. The van der Waals surface area contributed by atoms with Crippen LogP contribution in [-0.4, -0.2) is 18.2 Å². The largest absolute Gasteiger partial charge is 0.496 e. The number of para-hydroxylation sites is 1. The average molecular weight is 245 g/mol. The first kappa shape index (κ1) is 10.1. The Hall–Kier alpha value is -1.03. The number of rotatable bonds is 3. The Balaban J connectivity index is 3.27. The first-order valence-electron chi connectivity index (χ1n) is 3.65. The van der Waals surface area contributed by atoms with Gasteiger partial charge in [0.2, 0.25) is 0 Å². The van der Waals surface area contributed by atoms with E-state index in [4.69, 9.17) is 9.84 Å². The maximum atomic E-state index is 10.8. The van der Waals surface area contributed by atoms with E-state index in [0.29, 0.717) is 11.1 Å². The Morgan fingerprint density at radius 2 is 2.31 bits per heavy atom. The minimum Gasteiger partial charge on any atom is -0.496 e. The van der Waals surface area contributed by atoms with Gasteiger partial charge in [-0.3, -0.25) is 0 Å². The van der Waals surface area contributed by atoms with Crippen molar-refractivity contribution < 1.29 is 14.6 Å². The number of hydrogen-bond acceptors (Lipinski definition) is 2. The van der Waals surface area contributed by atoms with Crippen molar-refractivity contribution >= 4 is 21.9 Å². The second-order valence-electron chi connectivity index (χ2n) is 2.44. The summed E-state index contributed by atoms with van der Waals surface area (Å²) in [6.45, 7) is 0. The highest BCUT2D eigenvalue weighted by Crippen LogP contribution is 2.25. The molecule has 0 aliphatic carbocycles. The van der Waals surface area contributed by atoms with E-state index >= 15 is 0 Å². The highest BCUT2D eigenvalue weighted by molar-refractivity contribution is 9.08. The van der Waals surface area contributed by atoms with Gasteiger partial charge >= 0.3 is 5.97 Å². The fraction of sp³-hybridized carbons (Fsp3) is 0.222. The number of hydrogen-bond donors (Lipinski definition) is 1. The molecule has 4 heteroatoms. The second kappa shape index (κ2) is 4.28. The van der Waals surface area contributed by atoms with Crippen molar-refractivity contribution in [3.63, 3.8) is 0 Å². The molecule has 0 bridgehead atoms. The van der Waals surface area contributed by atoms with E-state index in [9.17, 15) is 4.79 Å². The number of ether oxygens (including phenoxy) is 1. The molecule has 0 amide bonds. The van der Waals surface area contributed by atoms with E-state index in [1.54, 1.807) is 6.07 Å². The molecule has 0 heterocycles. The van der Waals surface area contributed by atoms with Crippen LogP contribution in [0.5, 0.6) is 5.75 Å². The molecule has 0 aliphatic rings. The number of halogens is 1. The van der Waals surface area contributed by atoms with Crippen LogP contribution in [-0.2, 0) is 5.33 Å². The molecule has 1 aromatic rings. The van der Waals surface area contributed by atoms with Crippen LogP contribution in [0.3, 0.4) is 0 Å². The van der Waals surface area contributed by atoms with Gasteiger partial charge in [-0.2, -0.15) is 0 Å². The van der Waals surface area contributed by atoms with Gasteiger partial charge in [0.05, 0.1) is 7.11 Å². The first-order chi connectivity index (χ1) is 6.20. The summed E-state index contributed by atoms with van der Waals surface area (Å²) >= 11 is 3.26. The summed E-state index contributed by atoms with van der Waals surface area (Å²) < 4.78 is 5.02. The van der Waals surface area contributed by atoms with Crippen LogP contribution in [0.25, 0.3) is 0 Å². The number of carboxylic acids is 1. The number of carbonyl (C=O) groups is 1. The molecule has 0 aliphatic heterocycles. The van der Waals surface area contributed by atoms with Crippen LogP contribution < -0.4 is 4.74 Å². The molecular weight excluding hydrogens is 236 g/mol. The van der Waals surface area contributed by atoms with Crippen LogP contribution in [0.1, 0.15) is 15.9 Å². The van der Waals surface area contributed by atoms with Gasteiger partial charge in [0.1, 0.15) is 11.3 Å². The van der Waals surface area contributed by atoms with Gasteiger partial charge in [-0.1, -0.05) is 28.1 Å². The van der Waals surface area contributed by atoms with Gasteiger partial charge in [0.15, 0.2) is 0 Å². The minimum absolute atomic E-state index is 0.194. The summed E-state index contributed by atoms with van der Waals surface area (Å²) in [5.74, 6) is -0.550. The second-order valence-corrected chi connectivity index (χ2v) is 3.00. The normalized spacial score (nSPS) is 9.69. The molecule has 0 radical (unpaired) electrons. The zero-order valence-corrected chi connectivity index (χ0v) is 8.67. The van der Waals surface area contributed by atoms with Crippen molar-refractivity contribution in [2.24, 2.45) is 0 Å². The van der Waals surface area contributed by atoms with Crippen LogP contribution in [0.4, 0.5) is 0 Å². The third kappa shape index (κ3) is 2.01. The molecule has 3 nitrogen and oxygen atoms in total. The Morgan fingerprint density at radius 3 is 2.77 bits per heavy atom. The van der Waals surface area contributed by atoms with Crippen molar-refractivity contribution in [3.8, 4) is 5.75 Å². The van der Waals surface area contributed by atoms with Gasteiger partial charge < -0.3 is 9.84 Å². The Bertz CT molecular complexity index is 323.